The van der Waals surface area contributed by atoms with Crippen molar-refractivity contribution in [2.45, 2.75) is 19.6 Å². The van der Waals surface area contributed by atoms with E-state index in [9.17, 15) is 0 Å². The largest absolute Gasteiger partial charge is 0.356 e. The van der Waals surface area contributed by atoms with Crippen LogP contribution in [0.3, 0.4) is 0 Å². The van der Waals surface area contributed by atoms with Gasteiger partial charge in [-0.1, -0.05) is 11.6 Å². The summed E-state index contributed by atoms with van der Waals surface area (Å²) >= 11 is 5.51. The Morgan fingerprint density at radius 1 is 1.45 bits per heavy atom. The minimum absolute atomic E-state index is 0.144. The van der Waals surface area contributed by atoms with E-state index in [0.29, 0.717) is 5.88 Å². The number of hydrogen-bond donors (Lipinski definition) is 0. The Morgan fingerprint density at radius 2 is 2.00 bits per heavy atom. The second-order valence-electron chi connectivity index (χ2n) is 2.31. The molecule has 0 radical (unpaired) electrons. The highest BCUT2D eigenvalue weighted by Gasteiger charge is 2.04. The molecule has 0 saturated heterocycles. The zero-order valence-corrected chi connectivity index (χ0v) is 8.02. The standard InChI is InChI=1S/C8H15ClO2/c1-7(4-5-9)6-8(10-2)11-3/h4,8H,5-6H2,1-3H3/b7-4-. The van der Waals surface area contributed by atoms with Crippen LogP contribution in [0.5, 0.6) is 0 Å². The van der Waals surface area contributed by atoms with Crippen LogP contribution in [0, 0.1) is 0 Å². The Hall–Kier alpha value is -0.0500. The average Bonchev–Trinajstić information content (AvgIpc) is 2.01. The van der Waals surface area contributed by atoms with Gasteiger partial charge in [0.1, 0.15) is 0 Å². The highest BCUT2D eigenvalue weighted by Crippen LogP contribution is 2.07. The summed E-state index contributed by atoms with van der Waals surface area (Å²) in [5, 5.41) is 0. The van der Waals surface area contributed by atoms with Gasteiger partial charge in [0.15, 0.2) is 6.29 Å². The lowest BCUT2D eigenvalue weighted by Gasteiger charge is -2.12. The van der Waals surface area contributed by atoms with Gasteiger partial charge < -0.3 is 9.47 Å². The molecule has 0 heterocycles. The highest BCUT2D eigenvalue weighted by molar-refractivity contribution is 6.18. The van der Waals surface area contributed by atoms with Crippen molar-refractivity contribution in [1.29, 1.82) is 0 Å². The molecule has 0 aliphatic carbocycles. The molecule has 66 valence electrons. The average molecular weight is 179 g/mol. The summed E-state index contributed by atoms with van der Waals surface area (Å²) in [4.78, 5) is 0. The molecule has 0 amide bonds. The first kappa shape index (κ1) is 11.0. The van der Waals surface area contributed by atoms with E-state index in [2.05, 4.69) is 0 Å². The van der Waals surface area contributed by atoms with Gasteiger partial charge in [0.05, 0.1) is 0 Å². The van der Waals surface area contributed by atoms with E-state index in [1.807, 2.05) is 13.0 Å². The first-order valence-corrected chi connectivity index (χ1v) is 4.05. The second-order valence-corrected chi connectivity index (χ2v) is 2.62. The first-order valence-electron chi connectivity index (χ1n) is 3.51. The monoisotopic (exact) mass is 178 g/mol. The molecule has 3 heteroatoms. The zero-order valence-electron chi connectivity index (χ0n) is 7.26. The third-order valence-electron chi connectivity index (χ3n) is 1.44. The van der Waals surface area contributed by atoms with Crippen LogP contribution in [0.2, 0.25) is 0 Å². The third kappa shape index (κ3) is 5.24. The molecule has 0 aromatic heterocycles. The van der Waals surface area contributed by atoms with Crippen molar-refractivity contribution in [3.05, 3.63) is 11.6 Å². The Labute approximate surface area is 73.1 Å². The molecule has 2 nitrogen and oxygen atoms in total. The van der Waals surface area contributed by atoms with Gasteiger partial charge in [-0.3, -0.25) is 0 Å². The van der Waals surface area contributed by atoms with E-state index < -0.39 is 0 Å². The molecule has 0 aliphatic rings. The van der Waals surface area contributed by atoms with Crippen LogP contribution in [0.1, 0.15) is 13.3 Å². The van der Waals surface area contributed by atoms with Crippen LogP contribution < -0.4 is 0 Å². The fraction of sp³-hybridized carbons (Fsp3) is 0.750. The van der Waals surface area contributed by atoms with Crippen molar-refractivity contribution in [2.75, 3.05) is 20.1 Å². The van der Waals surface area contributed by atoms with Gasteiger partial charge in [-0.05, 0) is 6.92 Å². The molecule has 0 atom stereocenters. The van der Waals surface area contributed by atoms with E-state index >= 15 is 0 Å². The lowest BCUT2D eigenvalue weighted by Crippen LogP contribution is -2.12. The normalized spacial score (nSPS) is 12.6. The maximum Gasteiger partial charge on any atom is 0.160 e. The highest BCUT2D eigenvalue weighted by atomic mass is 35.5. The minimum atomic E-state index is -0.144. The fourth-order valence-electron chi connectivity index (χ4n) is 0.741. The molecule has 0 aromatic rings. The van der Waals surface area contributed by atoms with Crippen LogP contribution >= 0.6 is 11.6 Å². The van der Waals surface area contributed by atoms with Gasteiger partial charge in [-0.2, -0.15) is 0 Å². The maximum absolute atomic E-state index is 5.51. The Kier molecular flexibility index (Phi) is 6.62. The predicted molar refractivity (Wildman–Crippen MR) is 46.9 cm³/mol. The molecule has 0 saturated carbocycles. The SMILES string of the molecule is COC(C/C(C)=C\CCl)OC. The summed E-state index contributed by atoms with van der Waals surface area (Å²) in [5.41, 5.74) is 1.19. The number of ether oxygens (including phenoxy) is 2. The van der Waals surface area contributed by atoms with E-state index in [-0.39, 0.29) is 6.29 Å². The summed E-state index contributed by atoms with van der Waals surface area (Å²) in [5.74, 6) is 0.548. The lowest BCUT2D eigenvalue weighted by molar-refractivity contribution is -0.100. The molecule has 0 aromatic carbocycles. The van der Waals surface area contributed by atoms with Crippen LogP contribution in [-0.2, 0) is 9.47 Å². The van der Waals surface area contributed by atoms with Crippen molar-refractivity contribution >= 4 is 11.6 Å². The molecular formula is C8H15ClO2. The molecule has 0 rings (SSSR count). The Bertz CT molecular complexity index is 119. The van der Waals surface area contributed by atoms with Gasteiger partial charge in [0.25, 0.3) is 0 Å². The van der Waals surface area contributed by atoms with Gasteiger partial charge in [0.2, 0.25) is 0 Å². The van der Waals surface area contributed by atoms with Crippen molar-refractivity contribution in [2.24, 2.45) is 0 Å². The smallest absolute Gasteiger partial charge is 0.160 e. The predicted octanol–water partition coefficient (Wildman–Crippen LogP) is 2.18. The van der Waals surface area contributed by atoms with E-state index in [1.54, 1.807) is 14.2 Å². The third-order valence-corrected chi connectivity index (χ3v) is 1.59. The summed E-state index contributed by atoms with van der Waals surface area (Å²) < 4.78 is 10.0. The van der Waals surface area contributed by atoms with Gasteiger partial charge in [-0.15, -0.1) is 11.6 Å². The number of allylic oxidation sites excluding steroid dienone is 1. The first-order chi connectivity index (χ1) is 5.24. The van der Waals surface area contributed by atoms with Crippen molar-refractivity contribution < 1.29 is 9.47 Å². The van der Waals surface area contributed by atoms with Gasteiger partial charge in [-0.25, -0.2) is 0 Å². The van der Waals surface area contributed by atoms with Crippen LogP contribution in [0.15, 0.2) is 11.6 Å². The van der Waals surface area contributed by atoms with Crippen molar-refractivity contribution in [3.63, 3.8) is 0 Å². The summed E-state index contributed by atoms with van der Waals surface area (Å²) in [6.07, 6.45) is 2.58. The number of rotatable bonds is 5. The number of halogens is 1. The zero-order chi connectivity index (χ0) is 8.69. The molecule has 0 fully saturated rings. The summed E-state index contributed by atoms with van der Waals surface area (Å²) in [6, 6.07) is 0. The fourth-order valence-corrected chi connectivity index (χ4v) is 1.00. The molecule has 0 bridgehead atoms. The molecule has 0 spiro atoms. The van der Waals surface area contributed by atoms with Crippen LogP contribution in [0.25, 0.3) is 0 Å². The van der Waals surface area contributed by atoms with Gasteiger partial charge >= 0.3 is 0 Å². The van der Waals surface area contributed by atoms with E-state index in [0.717, 1.165) is 6.42 Å². The molecule has 0 N–H and O–H groups in total. The summed E-state index contributed by atoms with van der Waals surface area (Å²) in [6.45, 7) is 2.01. The van der Waals surface area contributed by atoms with E-state index in [1.165, 1.54) is 5.57 Å². The molecule has 11 heavy (non-hydrogen) atoms. The lowest BCUT2D eigenvalue weighted by atomic mass is 10.2. The topological polar surface area (TPSA) is 18.5 Å². The molecule has 0 unspecified atom stereocenters. The Balaban J connectivity index is 3.71. The number of methoxy groups -OCH3 is 2. The van der Waals surface area contributed by atoms with E-state index in [4.69, 9.17) is 21.1 Å². The number of hydrogen-bond acceptors (Lipinski definition) is 2. The Morgan fingerprint density at radius 3 is 2.36 bits per heavy atom. The summed E-state index contributed by atoms with van der Waals surface area (Å²) in [7, 11) is 3.25. The molecule has 0 aliphatic heterocycles. The van der Waals surface area contributed by atoms with Crippen molar-refractivity contribution in [3.8, 4) is 0 Å². The van der Waals surface area contributed by atoms with Crippen LogP contribution in [0.4, 0.5) is 0 Å². The second kappa shape index (κ2) is 6.65. The van der Waals surface area contributed by atoms with Crippen molar-refractivity contribution in [1.82, 2.24) is 0 Å². The minimum Gasteiger partial charge on any atom is -0.356 e. The maximum atomic E-state index is 5.51. The molecular weight excluding hydrogens is 164 g/mol. The number of alkyl halides is 1. The van der Waals surface area contributed by atoms with Gasteiger partial charge in [0, 0.05) is 26.5 Å². The van der Waals surface area contributed by atoms with Crippen LogP contribution in [-0.4, -0.2) is 26.4 Å². The quantitative estimate of drug-likeness (QED) is 0.365.